The molecule has 1 saturated heterocycles. The van der Waals surface area contributed by atoms with Crippen LogP contribution in [-0.2, 0) is 11.3 Å². The summed E-state index contributed by atoms with van der Waals surface area (Å²) in [6.07, 6.45) is 6.50. The Balaban J connectivity index is 1.43. The number of ether oxygens (including phenoxy) is 1. The molecule has 4 rings (SSSR count). The number of nitrogens with zero attached hydrogens (tertiary/aromatic N) is 4. The van der Waals surface area contributed by atoms with Crippen LogP contribution in [0.2, 0.25) is 5.02 Å². The van der Waals surface area contributed by atoms with Gasteiger partial charge in [0.15, 0.2) is 0 Å². The van der Waals surface area contributed by atoms with Crippen LogP contribution in [0, 0.1) is 0 Å². The van der Waals surface area contributed by atoms with Crippen molar-refractivity contribution in [2.45, 2.75) is 63.8 Å². The van der Waals surface area contributed by atoms with Gasteiger partial charge in [-0.1, -0.05) is 73.3 Å². The Kier molecular flexibility index (Phi) is 8.90. The second-order valence-electron chi connectivity index (χ2n) is 9.13. The van der Waals surface area contributed by atoms with Gasteiger partial charge in [-0.3, -0.25) is 4.90 Å². The van der Waals surface area contributed by atoms with E-state index in [2.05, 4.69) is 22.1 Å². The summed E-state index contributed by atoms with van der Waals surface area (Å²) in [6, 6.07) is 16.7. The summed E-state index contributed by atoms with van der Waals surface area (Å²) in [5.74, 6) is -0.401. The number of carbonyl (C=O) groups excluding carboxylic acids is 1. The fourth-order valence-corrected chi connectivity index (χ4v) is 4.77. The highest BCUT2D eigenvalue weighted by atomic mass is 35.5. The van der Waals surface area contributed by atoms with Crippen LogP contribution >= 0.6 is 11.6 Å². The van der Waals surface area contributed by atoms with Crippen molar-refractivity contribution in [3.63, 3.8) is 0 Å². The molecule has 0 saturated carbocycles. The summed E-state index contributed by atoms with van der Waals surface area (Å²) in [4.78, 5) is 14.7. The number of carbonyl (C=O) groups is 1. The Morgan fingerprint density at radius 2 is 1.89 bits per heavy atom. The van der Waals surface area contributed by atoms with E-state index in [9.17, 15) is 9.90 Å². The lowest BCUT2D eigenvalue weighted by molar-refractivity contribution is -0.00778. The summed E-state index contributed by atoms with van der Waals surface area (Å²) in [5.41, 5.74) is 2.21. The fraction of sp³-hybridized carbons (Fsp3) is 0.444. The fourth-order valence-electron chi connectivity index (χ4n) is 4.64. The van der Waals surface area contributed by atoms with Gasteiger partial charge in [-0.25, -0.2) is 9.48 Å². The number of rotatable bonds is 10. The van der Waals surface area contributed by atoms with Crippen molar-refractivity contribution in [1.82, 2.24) is 19.9 Å². The van der Waals surface area contributed by atoms with E-state index in [0.29, 0.717) is 29.2 Å². The number of unbranched alkanes of at least 4 members (excludes halogenated alkanes) is 3. The monoisotopic (exact) mass is 496 g/mol. The number of aromatic nitrogens is 3. The van der Waals surface area contributed by atoms with Gasteiger partial charge >= 0.3 is 5.97 Å². The first-order valence-electron chi connectivity index (χ1n) is 12.4. The van der Waals surface area contributed by atoms with Crippen LogP contribution in [0.3, 0.4) is 0 Å². The zero-order valence-corrected chi connectivity index (χ0v) is 20.8. The summed E-state index contributed by atoms with van der Waals surface area (Å²) in [5, 5.41) is 20.2. The molecule has 35 heavy (non-hydrogen) atoms. The number of aliphatic hydroxyl groups is 1. The quantitative estimate of drug-likeness (QED) is 0.306. The Morgan fingerprint density at radius 3 is 2.63 bits per heavy atom. The molecule has 0 spiro atoms. The maximum Gasteiger partial charge on any atom is 0.338 e. The van der Waals surface area contributed by atoms with Crippen LogP contribution in [0.25, 0.3) is 0 Å². The Morgan fingerprint density at radius 1 is 1.11 bits per heavy atom. The number of hydrogen-bond acceptors (Lipinski definition) is 6. The third-order valence-electron chi connectivity index (χ3n) is 6.58. The van der Waals surface area contributed by atoms with E-state index >= 15 is 0 Å². The maximum atomic E-state index is 12.2. The number of halogens is 1. The van der Waals surface area contributed by atoms with Gasteiger partial charge in [0.05, 0.1) is 23.9 Å². The minimum absolute atomic E-state index is 0.0324. The average molecular weight is 497 g/mol. The number of aliphatic hydroxyl groups excluding tert-OH is 1. The van der Waals surface area contributed by atoms with Crippen LogP contribution in [0.15, 0.2) is 60.8 Å². The van der Waals surface area contributed by atoms with Gasteiger partial charge in [0.25, 0.3) is 0 Å². The van der Waals surface area contributed by atoms with Gasteiger partial charge in [-0.15, -0.1) is 5.10 Å². The van der Waals surface area contributed by atoms with Crippen molar-refractivity contribution in [3.8, 4) is 0 Å². The number of hydrogen-bond donors (Lipinski definition) is 1. The van der Waals surface area contributed by atoms with E-state index in [1.165, 1.54) is 19.3 Å². The Hall–Kier alpha value is -2.74. The molecule has 1 fully saturated rings. The molecule has 7 nitrogen and oxygen atoms in total. The lowest BCUT2D eigenvalue weighted by Gasteiger charge is -2.42. The van der Waals surface area contributed by atoms with E-state index in [1.54, 1.807) is 35.1 Å². The minimum atomic E-state index is -0.580. The van der Waals surface area contributed by atoms with Crippen molar-refractivity contribution >= 4 is 17.6 Å². The molecule has 0 bridgehead atoms. The summed E-state index contributed by atoms with van der Waals surface area (Å²) >= 11 is 6.11. The molecule has 1 aliphatic heterocycles. The van der Waals surface area contributed by atoms with Gasteiger partial charge in [0.2, 0.25) is 0 Å². The summed E-state index contributed by atoms with van der Waals surface area (Å²) in [6.45, 7) is 3.86. The molecule has 0 aliphatic carbocycles. The van der Waals surface area contributed by atoms with E-state index in [1.807, 2.05) is 30.3 Å². The smallest absolute Gasteiger partial charge is 0.338 e. The molecule has 186 valence electrons. The lowest BCUT2D eigenvalue weighted by atomic mass is 9.90. The molecule has 1 aliphatic rings. The first-order valence-corrected chi connectivity index (χ1v) is 12.7. The molecule has 3 aromatic rings. The van der Waals surface area contributed by atoms with Crippen LogP contribution in [0.1, 0.15) is 72.7 Å². The van der Waals surface area contributed by atoms with Crippen molar-refractivity contribution in [2.75, 3.05) is 13.1 Å². The second-order valence-corrected chi connectivity index (χ2v) is 9.56. The van der Waals surface area contributed by atoms with Crippen molar-refractivity contribution in [1.29, 1.82) is 0 Å². The largest absolute Gasteiger partial charge is 0.455 e. The average Bonchev–Trinajstić information content (AvgIpc) is 3.35. The predicted octanol–water partition coefficient (Wildman–Crippen LogP) is 5.22. The van der Waals surface area contributed by atoms with Crippen LogP contribution in [-0.4, -0.2) is 50.2 Å². The van der Waals surface area contributed by atoms with Crippen LogP contribution < -0.4 is 0 Å². The van der Waals surface area contributed by atoms with Crippen LogP contribution in [0.5, 0.6) is 0 Å². The lowest BCUT2D eigenvalue weighted by Crippen LogP contribution is -2.46. The SMILES string of the molecule is CCCCCCN1C[C@@H](n2cc(COC(=O)c3ccccc3)nn2)[C@H](O)C[C@H]1c1ccc(Cl)cc1. The number of piperidine rings is 1. The molecule has 1 N–H and O–H groups in total. The summed E-state index contributed by atoms with van der Waals surface area (Å²) < 4.78 is 7.10. The molecule has 0 unspecified atom stereocenters. The third-order valence-corrected chi connectivity index (χ3v) is 6.84. The van der Waals surface area contributed by atoms with Gasteiger partial charge in [0, 0.05) is 17.6 Å². The molecular weight excluding hydrogens is 464 g/mol. The van der Waals surface area contributed by atoms with E-state index < -0.39 is 12.1 Å². The molecule has 0 radical (unpaired) electrons. The molecule has 3 atom stereocenters. The molecular formula is C27H33ClN4O3. The first-order chi connectivity index (χ1) is 17.0. The standard InChI is InChI=1S/C27H33ClN4O3/c1-2-3-4-8-15-31-18-25(26(33)16-24(31)20-11-13-22(28)14-12-20)32-17-23(29-30-32)19-35-27(34)21-9-6-5-7-10-21/h5-7,9-14,17,24-26,33H,2-4,8,15-16,18-19H2,1H3/t24-,25+,26+/m0/s1. The van der Waals surface area contributed by atoms with E-state index in [-0.39, 0.29) is 18.7 Å². The summed E-state index contributed by atoms with van der Waals surface area (Å²) in [7, 11) is 0. The van der Waals surface area contributed by atoms with Crippen molar-refractivity contribution < 1.29 is 14.6 Å². The third kappa shape index (κ3) is 6.69. The van der Waals surface area contributed by atoms with Gasteiger partial charge in [0.1, 0.15) is 12.3 Å². The van der Waals surface area contributed by atoms with Gasteiger partial charge < -0.3 is 9.84 Å². The number of esters is 1. The van der Waals surface area contributed by atoms with Crippen molar-refractivity contribution in [2.24, 2.45) is 0 Å². The molecule has 2 aromatic carbocycles. The van der Waals surface area contributed by atoms with Crippen molar-refractivity contribution in [3.05, 3.63) is 82.6 Å². The van der Waals surface area contributed by atoms with Crippen LogP contribution in [0.4, 0.5) is 0 Å². The highest BCUT2D eigenvalue weighted by molar-refractivity contribution is 6.30. The molecule has 8 heteroatoms. The topological polar surface area (TPSA) is 80.5 Å². The Bertz CT molecular complexity index is 1070. The second kappa shape index (κ2) is 12.3. The zero-order valence-electron chi connectivity index (χ0n) is 20.1. The van der Waals surface area contributed by atoms with E-state index in [0.717, 1.165) is 18.5 Å². The number of benzene rings is 2. The van der Waals surface area contributed by atoms with Gasteiger partial charge in [-0.2, -0.15) is 0 Å². The first kappa shape index (κ1) is 25.4. The molecule has 0 amide bonds. The zero-order chi connectivity index (χ0) is 24.6. The minimum Gasteiger partial charge on any atom is -0.455 e. The van der Waals surface area contributed by atoms with Gasteiger partial charge in [-0.05, 0) is 49.2 Å². The molecule has 2 heterocycles. The Labute approximate surface area is 211 Å². The number of likely N-dealkylation sites (tertiary alicyclic amines) is 1. The normalized spacial score (nSPS) is 20.6. The predicted molar refractivity (Wildman–Crippen MR) is 135 cm³/mol. The highest BCUT2D eigenvalue weighted by Crippen LogP contribution is 2.36. The molecule has 1 aromatic heterocycles. The van der Waals surface area contributed by atoms with E-state index in [4.69, 9.17) is 16.3 Å². The highest BCUT2D eigenvalue weighted by Gasteiger charge is 2.36. The maximum absolute atomic E-state index is 12.2.